The predicted octanol–water partition coefficient (Wildman–Crippen LogP) is 3.36. The summed E-state index contributed by atoms with van der Waals surface area (Å²) < 4.78 is 0. The fraction of sp³-hybridized carbons (Fsp3) is 0.500. The fourth-order valence-corrected chi connectivity index (χ4v) is 1.22. The van der Waals surface area contributed by atoms with E-state index >= 15 is 0 Å². The van der Waals surface area contributed by atoms with Crippen LogP contribution in [0.5, 0.6) is 0 Å². The van der Waals surface area contributed by atoms with E-state index in [2.05, 4.69) is 43.1 Å². The summed E-state index contributed by atoms with van der Waals surface area (Å²) in [6, 6.07) is 0. The molecule has 0 aromatic rings. The Balaban J connectivity index is 4.56. The topological polar surface area (TPSA) is 3.24 Å². The van der Waals surface area contributed by atoms with E-state index in [0.29, 0.717) is 0 Å². The molecule has 0 bridgehead atoms. The first-order valence-corrected chi connectivity index (χ1v) is 5.00. The van der Waals surface area contributed by atoms with Gasteiger partial charge < -0.3 is 4.90 Å². The van der Waals surface area contributed by atoms with Gasteiger partial charge >= 0.3 is 0 Å². The van der Waals surface area contributed by atoms with Gasteiger partial charge in [-0.15, -0.1) is 0 Å². The van der Waals surface area contributed by atoms with Gasteiger partial charge in [0.05, 0.1) is 0 Å². The molecule has 74 valence electrons. The first-order valence-electron chi connectivity index (χ1n) is 5.00. The van der Waals surface area contributed by atoms with Crippen LogP contribution < -0.4 is 0 Å². The summed E-state index contributed by atoms with van der Waals surface area (Å²) >= 11 is 0. The van der Waals surface area contributed by atoms with Crippen LogP contribution in [0.4, 0.5) is 0 Å². The van der Waals surface area contributed by atoms with Crippen molar-refractivity contribution in [3.05, 3.63) is 36.1 Å². The van der Waals surface area contributed by atoms with Crippen molar-refractivity contribution in [2.45, 2.75) is 27.7 Å². The van der Waals surface area contributed by atoms with E-state index in [1.165, 1.54) is 5.70 Å². The molecular weight excluding hydrogens is 158 g/mol. The summed E-state index contributed by atoms with van der Waals surface area (Å²) in [5.41, 5.74) is 1.28. The molecule has 0 rings (SSSR count). The van der Waals surface area contributed by atoms with Gasteiger partial charge in [0.1, 0.15) is 0 Å². The van der Waals surface area contributed by atoms with Crippen molar-refractivity contribution in [2.75, 3.05) is 13.1 Å². The molecule has 0 fully saturated rings. The minimum absolute atomic E-state index is 1.06. The molecule has 0 unspecified atom stereocenters. The number of rotatable bonds is 5. The Morgan fingerprint density at radius 2 is 1.69 bits per heavy atom. The third-order valence-corrected chi connectivity index (χ3v) is 1.93. The molecule has 0 heterocycles. The minimum Gasteiger partial charge on any atom is -0.372 e. The molecule has 0 aromatic carbocycles. The fourth-order valence-electron chi connectivity index (χ4n) is 1.22. The van der Waals surface area contributed by atoms with Crippen LogP contribution in [-0.2, 0) is 0 Å². The first kappa shape index (κ1) is 12.0. The monoisotopic (exact) mass is 179 g/mol. The Morgan fingerprint density at radius 1 is 1.08 bits per heavy atom. The third kappa shape index (κ3) is 4.56. The van der Waals surface area contributed by atoms with E-state index in [0.717, 1.165) is 13.1 Å². The average molecular weight is 179 g/mol. The molecule has 0 aliphatic heterocycles. The Morgan fingerprint density at radius 3 is 2.08 bits per heavy atom. The second kappa shape index (κ2) is 7.66. The molecule has 0 atom stereocenters. The zero-order valence-corrected chi connectivity index (χ0v) is 9.25. The molecule has 0 spiro atoms. The number of hydrogen-bond donors (Lipinski definition) is 0. The van der Waals surface area contributed by atoms with Gasteiger partial charge in [-0.3, -0.25) is 0 Å². The lowest BCUT2D eigenvalue weighted by Crippen LogP contribution is -2.20. The maximum Gasteiger partial charge on any atom is 0.0362 e. The summed E-state index contributed by atoms with van der Waals surface area (Å²) in [5.74, 6) is 0. The van der Waals surface area contributed by atoms with Gasteiger partial charge in [-0.25, -0.2) is 0 Å². The van der Waals surface area contributed by atoms with E-state index < -0.39 is 0 Å². The maximum atomic E-state index is 2.33. The van der Waals surface area contributed by atoms with Gasteiger partial charge in [0.2, 0.25) is 0 Å². The van der Waals surface area contributed by atoms with Crippen molar-refractivity contribution < 1.29 is 0 Å². The Bertz CT molecular complexity index is 195. The summed E-state index contributed by atoms with van der Waals surface area (Å²) in [6.45, 7) is 10.6. The molecule has 0 amide bonds. The molecule has 0 radical (unpaired) electrons. The van der Waals surface area contributed by atoms with E-state index in [-0.39, 0.29) is 0 Å². The zero-order chi connectivity index (χ0) is 10.1. The van der Waals surface area contributed by atoms with Crippen molar-refractivity contribution in [1.82, 2.24) is 4.90 Å². The average Bonchev–Trinajstić information content (AvgIpc) is 2.16. The molecule has 0 saturated carbocycles. The van der Waals surface area contributed by atoms with Crippen LogP contribution in [0.1, 0.15) is 27.7 Å². The minimum atomic E-state index is 1.06. The second-order valence-electron chi connectivity index (χ2n) is 2.79. The SMILES string of the molecule is C\C=C/C(=C\C=C\C)N(CC)CC. The molecule has 0 aliphatic rings. The van der Waals surface area contributed by atoms with Gasteiger partial charge in [0, 0.05) is 18.8 Å². The second-order valence-corrected chi connectivity index (χ2v) is 2.79. The van der Waals surface area contributed by atoms with Crippen molar-refractivity contribution in [2.24, 2.45) is 0 Å². The molecule has 13 heavy (non-hydrogen) atoms. The van der Waals surface area contributed by atoms with Crippen LogP contribution >= 0.6 is 0 Å². The molecule has 0 saturated heterocycles. The van der Waals surface area contributed by atoms with Crippen molar-refractivity contribution in [3.63, 3.8) is 0 Å². The lowest BCUT2D eigenvalue weighted by Gasteiger charge is -2.21. The highest BCUT2D eigenvalue weighted by atomic mass is 15.1. The highest BCUT2D eigenvalue weighted by Crippen LogP contribution is 2.05. The Kier molecular flexibility index (Phi) is 7.08. The van der Waals surface area contributed by atoms with Crippen LogP contribution in [-0.4, -0.2) is 18.0 Å². The highest BCUT2D eigenvalue weighted by Gasteiger charge is 1.99. The van der Waals surface area contributed by atoms with Crippen LogP contribution in [0.2, 0.25) is 0 Å². The third-order valence-electron chi connectivity index (χ3n) is 1.93. The van der Waals surface area contributed by atoms with Gasteiger partial charge in [-0.1, -0.05) is 18.2 Å². The summed E-state index contributed by atoms with van der Waals surface area (Å²) in [6.07, 6.45) is 10.5. The van der Waals surface area contributed by atoms with Crippen LogP contribution in [0.15, 0.2) is 36.1 Å². The van der Waals surface area contributed by atoms with Gasteiger partial charge in [0.25, 0.3) is 0 Å². The van der Waals surface area contributed by atoms with Crippen LogP contribution in [0.3, 0.4) is 0 Å². The van der Waals surface area contributed by atoms with E-state index in [1.807, 2.05) is 19.9 Å². The number of nitrogens with zero attached hydrogens (tertiary/aromatic N) is 1. The van der Waals surface area contributed by atoms with Crippen LogP contribution in [0, 0.1) is 0 Å². The largest absolute Gasteiger partial charge is 0.372 e. The Labute approximate surface area is 82.4 Å². The van der Waals surface area contributed by atoms with Crippen molar-refractivity contribution >= 4 is 0 Å². The lowest BCUT2D eigenvalue weighted by molar-refractivity contribution is 0.394. The summed E-state index contributed by atoms with van der Waals surface area (Å²) in [7, 11) is 0. The molecule has 0 aromatic heterocycles. The number of likely N-dealkylation sites (N-methyl/N-ethyl adjacent to an activating group) is 1. The predicted molar refractivity (Wildman–Crippen MR) is 60.6 cm³/mol. The van der Waals surface area contributed by atoms with E-state index in [4.69, 9.17) is 0 Å². The molecule has 0 aliphatic carbocycles. The quantitative estimate of drug-likeness (QED) is 0.585. The lowest BCUT2D eigenvalue weighted by atomic mass is 10.3. The number of hydrogen-bond acceptors (Lipinski definition) is 1. The summed E-state index contributed by atoms with van der Waals surface area (Å²) in [5, 5.41) is 0. The van der Waals surface area contributed by atoms with E-state index in [1.54, 1.807) is 0 Å². The first-order chi connectivity index (χ1) is 6.29. The summed E-state index contributed by atoms with van der Waals surface area (Å²) in [4.78, 5) is 2.33. The van der Waals surface area contributed by atoms with Gasteiger partial charge in [0.15, 0.2) is 0 Å². The van der Waals surface area contributed by atoms with E-state index in [9.17, 15) is 0 Å². The maximum absolute atomic E-state index is 2.33. The van der Waals surface area contributed by atoms with Gasteiger partial charge in [-0.2, -0.15) is 0 Å². The standard InChI is InChI=1S/C12H21N/c1-5-9-11-12(10-6-2)13(7-3)8-4/h5-6,9-11H,7-8H2,1-4H3/b9-5+,10-6-,12-11+. The Hall–Kier alpha value is -0.980. The van der Waals surface area contributed by atoms with Crippen LogP contribution in [0.25, 0.3) is 0 Å². The van der Waals surface area contributed by atoms with Crippen molar-refractivity contribution in [1.29, 1.82) is 0 Å². The van der Waals surface area contributed by atoms with Gasteiger partial charge in [-0.05, 0) is 39.8 Å². The molecule has 0 N–H and O–H groups in total. The molecule has 1 heteroatoms. The molecule has 1 nitrogen and oxygen atoms in total. The number of allylic oxidation sites excluding steroid dienone is 5. The smallest absolute Gasteiger partial charge is 0.0362 e. The molecular formula is C12H21N. The normalized spacial score (nSPS) is 13.1. The van der Waals surface area contributed by atoms with Crippen molar-refractivity contribution in [3.8, 4) is 0 Å². The zero-order valence-electron chi connectivity index (χ0n) is 9.25. The highest BCUT2D eigenvalue weighted by molar-refractivity contribution is 5.22.